The first kappa shape index (κ1) is 18.9. The fourth-order valence-corrected chi connectivity index (χ4v) is 3.80. The van der Waals surface area contributed by atoms with E-state index in [2.05, 4.69) is 27.7 Å². The minimum Gasteiger partial charge on any atom is -0.488 e. The van der Waals surface area contributed by atoms with Gasteiger partial charge in [-0.25, -0.2) is 4.79 Å². The van der Waals surface area contributed by atoms with E-state index in [0.29, 0.717) is 5.56 Å². The molecule has 0 aromatic heterocycles. The standard InChI is InChI=1S/C23H24O4/c1-22(2)14-23(3,4)27-20-12-10-17(13-18(20)22)19(24)11-7-15-5-8-16(9-6-15)21(25)26/h5-13H,14H2,1-4H3,(H,25,26). The van der Waals surface area contributed by atoms with Crippen LogP contribution in [0.25, 0.3) is 6.08 Å². The molecule has 1 heterocycles. The molecule has 0 aliphatic carbocycles. The van der Waals surface area contributed by atoms with Gasteiger partial charge in [-0.15, -0.1) is 0 Å². The van der Waals surface area contributed by atoms with Gasteiger partial charge in [-0.1, -0.05) is 32.1 Å². The van der Waals surface area contributed by atoms with E-state index in [1.807, 2.05) is 12.1 Å². The number of carbonyl (C=O) groups is 2. The van der Waals surface area contributed by atoms with Gasteiger partial charge in [-0.2, -0.15) is 0 Å². The third-order valence-electron chi connectivity index (χ3n) is 4.83. The second-order valence-corrected chi connectivity index (χ2v) is 8.26. The van der Waals surface area contributed by atoms with Gasteiger partial charge in [0.25, 0.3) is 0 Å². The van der Waals surface area contributed by atoms with Crippen LogP contribution in [0.5, 0.6) is 5.75 Å². The second-order valence-electron chi connectivity index (χ2n) is 8.26. The Morgan fingerprint density at radius 2 is 1.63 bits per heavy atom. The number of carbonyl (C=O) groups excluding carboxylic acids is 1. The lowest BCUT2D eigenvalue weighted by Gasteiger charge is -2.42. The number of allylic oxidation sites excluding steroid dienone is 1. The zero-order valence-electron chi connectivity index (χ0n) is 16.1. The lowest BCUT2D eigenvalue weighted by atomic mass is 9.73. The van der Waals surface area contributed by atoms with Crippen LogP contribution >= 0.6 is 0 Å². The van der Waals surface area contributed by atoms with Crippen molar-refractivity contribution in [3.05, 3.63) is 70.8 Å². The van der Waals surface area contributed by atoms with Crippen molar-refractivity contribution in [2.45, 2.75) is 45.1 Å². The number of carboxylic acid groups (broad SMARTS) is 1. The van der Waals surface area contributed by atoms with Crippen LogP contribution in [-0.2, 0) is 5.41 Å². The number of fused-ring (bicyclic) bond motifs is 1. The van der Waals surface area contributed by atoms with Crippen LogP contribution in [0.2, 0.25) is 0 Å². The van der Waals surface area contributed by atoms with Crippen molar-refractivity contribution in [3.63, 3.8) is 0 Å². The molecule has 0 amide bonds. The predicted molar refractivity (Wildman–Crippen MR) is 106 cm³/mol. The van der Waals surface area contributed by atoms with Crippen LogP contribution < -0.4 is 4.74 Å². The molecule has 2 aromatic rings. The summed E-state index contributed by atoms with van der Waals surface area (Å²) in [5.41, 5.74) is 2.35. The molecule has 2 aromatic carbocycles. The highest BCUT2D eigenvalue weighted by atomic mass is 16.5. The van der Waals surface area contributed by atoms with Crippen molar-refractivity contribution >= 4 is 17.8 Å². The van der Waals surface area contributed by atoms with Gasteiger partial charge in [0.1, 0.15) is 11.4 Å². The van der Waals surface area contributed by atoms with E-state index in [1.165, 1.54) is 18.2 Å². The monoisotopic (exact) mass is 364 g/mol. The molecular formula is C23H24O4. The third-order valence-corrected chi connectivity index (χ3v) is 4.83. The molecule has 0 unspecified atom stereocenters. The van der Waals surface area contributed by atoms with E-state index >= 15 is 0 Å². The zero-order chi connectivity index (χ0) is 19.8. The Balaban J connectivity index is 1.83. The van der Waals surface area contributed by atoms with E-state index in [4.69, 9.17) is 9.84 Å². The molecule has 3 rings (SSSR count). The summed E-state index contributed by atoms with van der Waals surface area (Å²) in [5.74, 6) is -0.231. The fraction of sp³-hybridized carbons (Fsp3) is 0.304. The van der Waals surface area contributed by atoms with Gasteiger partial charge >= 0.3 is 5.97 Å². The molecular weight excluding hydrogens is 340 g/mol. The summed E-state index contributed by atoms with van der Waals surface area (Å²) in [5, 5.41) is 8.93. The average Bonchev–Trinajstić information content (AvgIpc) is 2.58. The van der Waals surface area contributed by atoms with E-state index in [0.717, 1.165) is 23.3 Å². The quantitative estimate of drug-likeness (QED) is 0.604. The number of hydrogen-bond donors (Lipinski definition) is 1. The predicted octanol–water partition coefficient (Wildman–Crippen LogP) is 5.12. The SMILES string of the molecule is CC1(C)CC(C)(C)c2cc(C(=O)C=Cc3ccc(C(=O)O)cc3)ccc2O1. The Morgan fingerprint density at radius 3 is 2.26 bits per heavy atom. The summed E-state index contributed by atoms with van der Waals surface area (Å²) in [7, 11) is 0. The molecule has 4 nitrogen and oxygen atoms in total. The highest BCUT2D eigenvalue weighted by Crippen LogP contribution is 2.44. The lowest BCUT2D eigenvalue weighted by Crippen LogP contribution is -2.41. The molecule has 0 atom stereocenters. The molecule has 1 N–H and O–H groups in total. The van der Waals surface area contributed by atoms with Crippen molar-refractivity contribution in [2.75, 3.05) is 0 Å². The van der Waals surface area contributed by atoms with Gasteiger partial charge < -0.3 is 9.84 Å². The molecule has 140 valence electrons. The number of ether oxygens (including phenoxy) is 1. The zero-order valence-corrected chi connectivity index (χ0v) is 16.1. The van der Waals surface area contributed by atoms with Gasteiger partial charge in [0.15, 0.2) is 5.78 Å². The normalized spacial score (nSPS) is 17.2. The average molecular weight is 364 g/mol. The van der Waals surface area contributed by atoms with Crippen LogP contribution in [0.4, 0.5) is 0 Å². The topological polar surface area (TPSA) is 63.6 Å². The molecule has 0 bridgehead atoms. The number of aromatic carboxylic acids is 1. The minimum absolute atomic E-state index is 0.0796. The molecule has 27 heavy (non-hydrogen) atoms. The Labute approximate surface area is 159 Å². The van der Waals surface area contributed by atoms with Crippen LogP contribution in [0.3, 0.4) is 0 Å². The maximum Gasteiger partial charge on any atom is 0.335 e. The molecule has 0 radical (unpaired) electrons. The van der Waals surface area contributed by atoms with Crippen LogP contribution in [0.15, 0.2) is 48.5 Å². The van der Waals surface area contributed by atoms with Crippen molar-refractivity contribution in [3.8, 4) is 5.75 Å². The summed E-state index contributed by atoms with van der Waals surface area (Å²) in [6.45, 7) is 8.50. The van der Waals surface area contributed by atoms with Gasteiger partial charge in [-0.3, -0.25) is 4.79 Å². The molecule has 0 spiro atoms. The number of ketones is 1. The third kappa shape index (κ3) is 4.11. The summed E-state index contributed by atoms with van der Waals surface area (Å²) < 4.78 is 6.07. The first-order chi connectivity index (χ1) is 12.6. The Hall–Kier alpha value is -2.88. The maximum absolute atomic E-state index is 12.6. The van der Waals surface area contributed by atoms with E-state index in [9.17, 15) is 9.59 Å². The van der Waals surface area contributed by atoms with Crippen molar-refractivity contribution in [2.24, 2.45) is 0 Å². The van der Waals surface area contributed by atoms with E-state index in [1.54, 1.807) is 24.3 Å². The highest BCUT2D eigenvalue weighted by molar-refractivity contribution is 6.07. The molecule has 1 aliphatic rings. The van der Waals surface area contributed by atoms with Gasteiger partial charge in [0.05, 0.1) is 5.56 Å². The van der Waals surface area contributed by atoms with Crippen LogP contribution in [0.1, 0.15) is 66.0 Å². The maximum atomic E-state index is 12.6. The number of carboxylic acids is 1. The van der Waals surface area contributed by atoms with Gasteiger partial charge in [-0.05, 0) is 67.7 Å². The number of rotatable bonds is 4. The van der Waals surface area contributed by atoms with Crippen LogP contribution in [-0.4, -0.2) is 22.5 Å². The van der Waals surface area contributed by atoms with Crippen molar-refractivity contribution in [1.82, 2.24) is 0 Å². The Morgan fingerprint density at radius 1 is 1.00 bits per heavy atom. The van der Waals surface area contributed by atoms with Crippen molar-refractivity contribution in [1.29, 1.82) is 0 Å². The van der Waals surface area contributed by atoms with E-state index in [-0.39, 0.29) is 22.4 Å². The molecule has 1 aliphatic heterocycles. The minimum atomic E-state index is -0.969. The smallest absolute Gasteiger partial charge is 0.335 e. The summed E-state index contributed by atoms with van der Waals surface area (Å²) in [6, 6.07) is 12.0. The first-order valence-corrected chi connectivity index (χ1v) is 8.97. The Bertz CT molecular complexity index is 918. The summed E-state index contributed by atoms with van der Waals surface area (Å²) in [6.07, 6.45) is 4.08. The van der Waals surface area contributed by atoms with Crippen LogP contribution in [0, 0.1) is 0 Å². The second kappa shape index (κ2) is 6.69. The summed E-state index contributed by atoms with van der Waals surface area (Å²) >= 11 is 0. The highest BCUT2D eigenvalue weighted by Gasteiger charge is 2.39. The van der Waals surface area contributed by atoms with Gasteiger partial charge in [0.2, 0.25) is 0 Å². The molecule has 0 saturated heterocycles. The molecule has 0 saturated carbocycles. The number of benzene rings is 2. The Kier molecular flexibility index (Phi) is 4.68. The molecule has 0 fully saturated rings. The van der Waals surface area contributed by atoms with Gasteiger partial charge in [0, 0.05) is 11.1 Å². The summed E-state index contributed by atoms with van der Waals surface area (Å²) in [4.78, 5) is 23.5. The molecule has 4 heteroatoms. The first-order valence-electron chi connectivity index (χ1n) is 8.97. The fourth-order valence-electron chi connectivity index (χ4n) is 3.80. The number of hydrogen-bond acceptors (Lipinski definition) is 3. The van der Waals surface area contributed by atoms with Crippen molar-refractivity contribution < 1.29 is 19.4 Å². The van der Waals surface area contributed by atoms with E-state index < -0.39 is 5.97 Å². The largest absolute Gasteiger partial charge is 0.488 e. The lowest BCUT2D eigenvalue weighted by molar-refractivity contribution is 0.0533.